The van der Waals surface area contributed by atoms with Gasteiger partial charge in [-0.25, -0.2) is 0 Å². The minimum atomic E-state index is -0.376. The fraction of sp³-hybridized carbons (Fsp3) is 0.600. The molecule has 0 aromatic carbocycles. The Hall–Kier alpha value is -1.64. The maximum absolute atomic E-state index is 12.5. The van der Waals surface area contributed by atoms with Gasteiger partial charge in [-0.1, -0.05) is 37.6 Å². The van der Waals surface area contributed by atoms with Gasteiger partial charge in [0.15, 0.2) is 5.78 Å². The number of hydrogen-bond donors (Lipinski definition) is 0. The third-order valence-electron chi connectivity index (χ3n) is 5.16. The summed E-state index contributed by atoms with van der Waals surface area (Å²) in [5.74, 6) is 0.0833. The minimum absolute atomic E-state index is 0.0532. The number of hydrogen-bond acceptors (Lipinski definition) is 3. The lowest BCUT2D eigenvalue weighted by atomic mass is 10.1. The molecule has 0 bridgehead atoms. The molecule has 0 N–H and O–H groups in total. The summed E-state index contributed by atoms with van der Waals surface area (Å²) in [6.07, 6.45) is 6.61. The number of ether oxygens (including phenoxy) is 1. The van der Waals surface area contributed by atoms with Crippen molar-refractivity contribution in [3.05, 3.63) is 34.9 Å². The second-order valence-electron chi connectivity index (χ2n) is 7.56. The summed E-state index contributed by atoms with van der Waals surface area (Å²) in [4.78, 5) is 24.7. The van der Waals surface area contributed by atoms with Crippen LogP contribution in [-0.4, -0.2) is 17.9 Å². The minimum Gasteiger partial charge on any atom is -0.457 e. The zero-order valence-electron chi connectivity index (χ0n) is 15.1. The molecule has 1 saturated carbocycles. The van der Waals surface area contributed by atoms with Crippen molar-refractivity contribution in [3.63, 3.8) is 0 Å². The Kier molecular flexibility index (Phi) is 4.98. The van der Waals surface area contributed by atoms with Crippen molar-refractivity contribution in [1.82, 2.24) is 0 Å². The Balaban J connectivity index is 2.06. The van der Waals surface area contributed by atoms with Gasteiger partial charge in [-0.05, 0) is 51.0 Å². The molecule has 23 heavy (non-hydrogen) atoms. The second-order valence-corrected chi connectivity index (χ2v) is 7.56. The van der Waals surface area contributed by atoms with E-state index < -0.39 is 0 Å². The van der Waals surface area contributed by atoms with Crippen molar-refractivity contribution in [3.8, 4) is 0 Å². The molecule has 0 aromatic heterocycles. The number of ketones is 1. The highest BCUT2D eigenvalue weighted by molar-refractivity contribution is 6.00. The molecule has 0 amide bonds. The molecule has 0 heterocycles. The fourth-order valence-electron chi connectivity index (χ4n) is 3.51. The summed E-state index contributed by atoms with van der Waals surface area (Å²) in [5, 5.41) is 0. The largest absolute Gasteiger partial charge is 0.457 e. The standard InChI is InChI=1S/C20H28O3/c1-7-8-9-14-13(4)17(11-16(14)21)23-19(22)18-15(10-12(2)3)20(18,5)6/h7-8,10,15,17-18H,9,11H2,1-6H3/b8-7+. The van der Waals surface area contributed by atoms with Crippen LogP contribution in [0.5, 0.6) is 0 Å². The molecule has 0 aliphatic heterocycles. The lowest BCUT2D eigenvalue weighted by Gasteiger charge is -2.13. The summed E-state index contributed by atoms with van der Waals surface area (Å²) in [6, 6.07) is 0. The van der Waals surface area contributed by atoms with E-state index in [1.165, 1.54) is 5.57 Å². The molecule has 2 aliphatic carbocycles. The number of rotatable bonds is 5. The Bertz CT molecular complexity index is 600. The maximum Gasteiger partial charge on any atom is 0.310 e. The number of allylic oxidation sites excluding steroid dienone is 5. The SMILES string of the molecule is C/C=C/CC1=C(C)C(OC(=O)C2C(C=C(C)C)C2(C)C)CC1=O. The first-order valence-electron chi connectivity index (χ1n) is 8.39. The van der Waals surface area contributed by atoms with Gasteiger partial charge in [-0.2, -0.15) is 0 Å². The van der Waals surface area contributed by atoms with Crippen LogP contribution in [0.25, 0.3) is 0 Å². The van der Waals surface area contributed by atoms with Crippen LogP contribution < -0.4 is 0 Å². The summed E-state index contributed by atoms with van der Waals surface area (Å²) >= 11 is 0. The molecule has 0 aromatic rings. The molecule has 3 unspecified atom stereocenters. The van der Waals surface area contributed by atoms with Gasteiger partial charge in [0.2, 0.25) is 0 Å². The molecule has 126 valence electrons. The van der Waals surface area contributed by atoms with Crippen molar-refractivity contribution in [2.24, 2.45) is 17.3 Å². The average Bonchev–Trinajstić information content (AvgIpc) is 2.86. The fourth-order valence-corrected chi connectivity index (χ4v) is 3.51. The summed E-state index contributed by atoms with van der Waals surface area (Å²) < 4.78 is 5.70. The van der Waals surface area contributed by atoms with E-state index in [4.69, 9.17) is 4.74 Å². The molecule has 0 saturated heterocycles. The number of carbonyl (C=O) groups is 2. The third-order valence-corrected chi connectivity index (χ3v) is 5.16. The van der Waals surface area contributed by atoms with Crippen molar-refractivity contribution >= 4 is 11.8 Å². The van der Waals surface area contributed by atoms with E-state index in [2.05, 4.69) is 19.9 Å². The van der Waals surface area contributed by atoms with Crippen molar-refractivity contribution in [2.75, 3.05) is 0 Å². The van der Waals surface area contributed by atoms with Gasteiger partial charge in [0.25, 0.3) is 0 Å². The summed E-state index contributed by atoms with van der Waals surface area (Å²) in [5.41, 5.74) is 2.89. The number of esters is 1. The Morgan fingerprint density at radius 1 is 1.35 bits per heavy atom. The lowest BCUT2D eigenvalue weighted by molar-refractivity contribution is -0.150. The lowest BCUT2D eigenvalue weighted by Crippen LogP contribution is -2.20. The van der Waals surface area contributed by atoms with Crippen LogP contribution in [0.3, 0.4) is 0 Å². The number of Topliss-reactive ketones (excluding diaryl/α,β-unsaturated/α-hetero) is 1. The molecule has 2 aliphatic rings. The highest BCUT2D eigenvalue weighted by Gasteiger charge is 2.61. The first-order valence-corrected chi connectivity index (χ1v) is 8.39. The van der Waals surface area contributed by atoms with Crippen LogP contribution >= 0.6 is 0 Å². The van der Waals surface area contributed by atoms with E-state index in [9.17, 15) is 9.59 Å². The molecule has 2 rings (SSSR count). The van der Waals surface area contributed by atoms with E-state index in [0.29, 0.717) is 12.8 Å². The molecular weight excluding hydrogens is 288 g/mol. The maximum atomic E-state index is 12.5. The smallest absolute Gasteiger partial charge is 0.310 e. The van der Waals surface area contributed by atoms with Gasteiger partial charge >= 0.3 is 5.97 Å². The quantitative estimate of drug-likeness (QED) is 0.558. The van der Waals surface area contributed by atoms with Gasteiger partial charge in [0.1, 0.15) is 6.10 Å². The van der Waals surface area contributed by atoms with Gasteiger partial charge in [-0.3, -0.25) is 9.59 Å². The van der Waals surface area contributed by atoms with Crippen molar-refractivity contribution in [1.29, 1.82) is 0 Å². The Morgan fingerprint density at radius 2 is 2.00 bits per heavy atom. The van der Waals surface area contributed by atoms with E-state index in [0.717, 1.165) is 11.1 Å². The normalized spacial score (nSPS) is 29.1. The van der Waals surface area contributed by atoms with Crippen LogP contribution in [-0.2, 0) is 14.3 Å². The third kappa shape index (κ3) is 3.49. The van der Waals surface area contributed by atoms with E-state index in [1.807, 2.05) is 39.8 Å². The van der Waals surface area contributed by atoms with Gasteiger partial charge in [-0.15, -0.1) is 0 Å². The molecule has 0 radical (unpaired) electrons. The van der Waals surface area contributed by atoms with E-state index >= 15 is 0 Å². The predicted molar refractivity (Wildman–Crippen MR) is 91.8 cm³/mol. The average molecular weight is 316 g/mol. The van der Waals surface area contributed by atoms with Crippen LogP contribution in [0.2, 0.25) is 0 Å². The van der Waals surface area contributed by atoms with Crippen LogP contribution in [0.4, 0.5) is 0 Å². The molecule has 3 heteroatoms. The van der Waals surface area contributed by atoms with Crippen LogP contribution in [0, 0.1) is 17.3 Å². The van der Waals surface area contributed by atoms with Gasteiger partial charge in [0, 0.05) is 5.57 Å². The topological polar surface area (TPSA) is 43.4 Å². The molecular formula is C20H28O3. The zero-order valence-corrected chi connectivity index (χ0v) is 15.1. The highest BCUT2D eigenvalue weighted by Crippen LogP contribution is 2.60. The highest BCUT2D eigenvalue weighted by atomic mass is 16.5. The molecule has 3 atom stereocenters. The first-order chi connectivity index (χ1) is 10.7. The van der Waals surface area contributed by atoms with Gasteiger partial charge in [0.05, 0.1) is 12.3 Å². The Labute approximate surface area is 139 Å². The molecule has 0 spiro atoms. The zero-order chi connectivity index (χ0) is 17.4. The van der Waals surface area contributed by atoms with Crippen molar-refractivity contribution in [2.45, 2.75) is 60.5 Å². The second kappa shape index (κ2) is 6.46. The van der Waals surface area contributed by atoms with Crippen LogP contribution in [0.15, 0.2) is 34.9 Å². The van der Waals surface area contributed by atoms with Gasteiger partial charge < -0.3 is 4.74 Å². The summed E-state index contributed by atoms with van der Waals surface area (Å²) in [6.45, 7) is 12.1. The number of carbonyl (C=O) groups excluding carboxylic acids is 2. The predicted octanol–water partition coefficient (Wildman–Crippen LogP) is 4.39. The van der Waals surface area contributed by atoms with Crippen LogP contribution in [0.1, 0.15) is 54.4 Å². The monoisotopic (exact) mass is 316 g/mol. The Morgan fingerprint density at radius 3 is 2.57 bits per heavy atom. The summed E-state index contributed by atoms with van der Waals surface area (Å²) in [7, 11) is 0. The molecule has 1 fully saturated rings. The van der Waals surface area contributed by atoms with E-state index in [1.54, 1.807) is 0 Å². The van der Waals surface area contributed by atoms with E-state index in [-0.39, 0.29) is 35.1 Å². The first kappa shape index (κ1) is 17.7. The molecule has 3 nitrogen and oxygen atoms in total. The van der Waals surface area contributed by atoms with Crippen molar-refractivity contribution < 1.29 is 14.3 Å².